The summed E-state index contributed by atoms with van der Waals surface area (Å²) in [5, 5.41) is 13.6. The zero-order chi connectivity index (χ0) is 15.6. The summed E-state index contributed by atoms with van der Waals surface area (Å²) < 4.78 is 13.9. The highest BCUT2D eigenvalue weighted by Gasteiger charge is 2.16. The highest BCUT2D eigenvalue weighted by Crippen LogP contribution is 2.23. The molecule has 0 spiro atoms. The van der Waals surface area contributed by atoms with E-state index in [1.165, 1.54) is 12.1 Å². The Kier molecular flexibility index (Phi) is 4.73. The van der Waals surface area contributed by atoms with Crippen LogP contribution in [-0.4, -0.2) is 10.8 Å². The maximum atomic E-state index is 13.2. The molecule has 0 aliphatic rings. The molecule has 21 heavy (non-hydrogen) atoms. The third-order valence-electron chi connectivity index (χ3n) is 2.58. The Balaban J connectivity index is 2.27. The summed E-state index contributed by atoms with van der Waals surface area (Å²) >= 11 is 7.75. The fourth-order valence-electron chi connectivity index (χ4n) is 1.60. The van der Waals surface area contributed by atoms with E-state index >= 15 is 0 Å². The molecule has 0 aliphatic carbocycles. The summed E-state index contributed by atoms with van der Waals surface area (Å²) in [6.45, 7) is 0. The van der Waals surface area contributed by atoms with E-state index < -0.39 is 22.3 Å². The van der Waals surface area contributed by atoms with Gasteiger partial charge >= 0.3 is 5.69 Å². The van der Waals surface area contributed by atoms with Crippen molar-refractivity contribution in [3.8, 4) is 0 Å². The van der Waals surface area contributed by atoms with Crippen molar-refractivity contribution in [3.63, 3.8) is 0 Å². The number of hydrogen-bond donors (Lipinski definition) is 1. The first-order valence-corrected chi connectivity index (χ1v) is 7.04. The molecule has 8 heteroatoms. The molecule has 1 amide bonds. The lowest BCUT2D eigenvalue weighted by atomic mass is 10.2. The van der Waals surface area contributed by atoms with Crippen molar-refractivity contribution in [2.45, 2.75) is 0 Å². The van der Waals surface area contributed by atoms with Gasteiger partial charge in [0.05, 0.1) is 10.5 Å². The molecule has 2 aromatic carbocycles. The van der Waals surface area contributed by atoms with Crippen LogP contribution >= 0.6 is 34.2 Å². The third-order valence-corrected chi connectivity index (χ3v) is 3.70. The van der Waals surface area contributed by atoms with Crippen LogP contribution in [0.4, 0.5) is 15.8 Å². The van der Waals surface area contributed by atoms with Crippen LogP contribution in [0.25, 0.3) is 0 Å². The topological polar surface area (TPSA) is 72.2 Å². The van der Waals surface area contributed by atoms with E-state index in [-0.39, 0.29) is 5.69 Å². The Morgan fingerprint density at radius 3 is 2.62 bits per heavy atom. The minimum absolute atomic E-state index is 0.138. The van der Waals surface area contributed by atoms with Crippen molar-refractivity contribution < 1.29 is 14.1 Å². The van der Waals surface area contributed by atoms with E-state index in [1.54, 1.807) is 12.1 Å². The highest BCUT2D eigenvalue weighted by atomic mass is 127. The first kappa shape index (κ1) is 15.6. The van der Waals surface area contributed by atoms with Crippen LogP contribution < -0.4 is 5.32 Å². The van der Waals surface area contributed by atoms with Crippen LogP contribution in [0.3, 0.4) is 0 Å². The highest BCUT2D eigenvalue weighted by molar-refractivity contribution is 14.1. The number of carbonyl (C=O) groups excluding carboxylic acids is 1. The average Bonchev–Trinajstić information content (AvgIpc) is 2.40. The van der Waals surface area contributed by atoms with Crippen molar-refractivity contribution in [2.24, 2.45) is 0 Å². The first-order valence-electron chi connectivity index (χ1n) is 5.59. The second-order valence-electron chi connectivity index (χ2n) is 4.00. The van der Waals surface area contributed by atoms with E-state index in [4.69, 9.17) is 11.6 Å². The lowest BCUT2D eigenvalue weighted by Crippen LogP contribution is -2.13. The zero-order valence-electron chi connectivity index (χ0n) is 10.3. The Morgan fingerprint density at radius 1 is 1.29 bits per heavy atom. The van der Waals surface area contributed by atoms with Crippen LogP contribution in [-0.2, 0) is 0 Å². The van der Waals surface area contributed by atoms with Crippen molar-refractivity contribution in [1.82, 2.24) is 0 Å². The summed E-state index contributed by atoms with van der Waals surface area (Å²) in [6.07, 6.45) is 0. The zero-order valence-corrected chi connectivity index (χ0v) is 13.2. The molecular formula is C13H7ClFIN2O3. The summed E-state index contributed by atoms with van der Waals surface area (Å²) in [5.41, 5.74) is -0.190. The number of nitrogens with zero attached hydrogens (tertiary/aromatic N) is 1. The molecule has 0 bridgehead atoms. The van der Waals surface area contributed by atoms with E-state index in [0.717, 1.165) is 12.1 Å². The number of anilines is 1. The maximum Gasteiger partial charge on any atom is 0.306 e. The van der Waals surface area contributed by atoms with Gasteiger partial charge < -0.3 is 5.32 Å². The first-order chi connectivity index (χ1) is 9.88. The van der Waals surface area contributed by atoms with E-state index in [0.29, 0.717) is 14.2 Å². The molecular weight excluding hydrogens is 414 g/mol. The molecule has 0 fully saturated rings. The molecule has 1 N–H and O–H groups in total. The normalized spacial score (nSPS) is 10.2. The molecule has 0 aliphatic heterocycles. The lowest BCUT2D eigenvalue weighted by molar-refractivity contribution is -0.387. The van der Waals surface area contributed by atoms with Gasteiger partial charge in [-0.1, -0.05) is 11.6 Å². The molecule has 0 aromatic heterocycles. The minimum atomic E-state index is -0.959. The second kappa shape index (κ2) is 6.35. The molecule has 0 radical (unpaired) electrons. The van der Waals surface area contributed by atoms with E-state index in [2.05, 4.69) is 5.32 Å². The molecule has 0 atom stereocenters. The second-order valence-corrected chi connectivity index (χ2v) is 5.60. The van der Waals surface area contributed by atoms with Crippen molar-refractivity contribution in [3.05, 3.63) is 66.5 Å². The van der Waals surface area contributed by atoms with Gasteiger partial charge in [-0.2, -0.15) is 4.39 Å². The quantitative estimate of drug-likeness (QED) is 0.458. The van der Waals surface area contributed by atoms with Gasteiger partial charge in [-0.25, -0.2) is 0 Å². The minimum Gasteiger partial charge on any atom is -0.322 e. The monoisotopic (exact) mass is 420 g/mol. The number of hydrogen-bond acceptors (Lipinski definition) is 3. The van der Waals surface area contributed by atoms with Gasteiger partial charge in [0, 0.05) is 20.3 Å². The van der Waals surface area contributed by atoms with Gasteiger partial charge in [-0.05, 0) is 52.9 Å². The van der Waals surface area contributed by atoms with Crippen molar-refractivity contribution in [2.75, 3.05) is 5.32 Å². The lowest BCUT2D eigenvalue weighted by Gasteiger charge is -2.07. The van der Waals surface area contributed by atoms with Gasteiger partial charge in [-0.3, -0.25) is 14.9 Å². The average molecular weight is 421 g/mol. The van der Waals surface area contributed by atoms with E-state index in [1.807, 2.05) is 22.6 Å². The predicted octanol–water partition coefficient (Wildman–Crippen LogP) is 4.24. The van der Waals surface area contributed by atoms with Gasteiger partial charge in [-0.15, -0.1) is 0 Å². The van der Waals surface area contributed by atoms with Crippen molar-refractivity contribution >= 4 is 51.5 Å². The number of nitrogens with one attached hydrogen (secondary N) is 1. The fourth-order valence-corrected chi connectivity index (χ4v) is 2.72. The number of carbonyl (C=O) groups is 1. The van der Waals surface area contributed by atoms with Gasteiger partial charge in [0.2, 0.25) is 5.82 Å². The summed E-state index contributed by atoms with van der Waals surface area (Å²) in [4.78, 5) is 21.9. The van der Waals surface area contributed by atoms with Crippen LogP contribution in [0, 0.1) is 19.5 Å². The number of rotatable bonds is 3. The van der Waals surface area contributed by atoms with Gasteiger partial charge in [0.1, 0.15) is 0 Å². The molecule has 0 unspecified atom stereocenters. The fraction of sp³-hybridized carbons (Fsp3) is 0. The number of amides is 1. The summed E-state index contributed by atoms with van der Waals surface area (Å²) in [5.74, 6) is -1.42. The Morgan fingerprint density at radius 2 is 2.00 bits per heavy atom. The molecule has 2 aromatic rings. The third kappa shape index (κ3) is 3.67. The standard InChI is InChI=1S/C13H7ClFIN2O3/c14-7-1-3-9(11(16)5-7)13(19)17-8-2-4-10(15)12(6-8)18(20)21/h1-6H,(H,17,19). The van der Waals surface area contributed by atoms with E-state index in [9.17, 15) is 19.3 Å². The maximum absolute atomic E-state index is 13.2. The SMILES string of the molecule is O=C(Nc1ccc(F)c([N+](=O)[O-])c1)c1ccc(Cl)cc1I. The van der Waals surface area contributed by atoms with Crippen molar-refractivity contribution in [1.29, 1.82) is 0 Å². The van der Waals surface area contributed by atoms with Gasteiger partial charge in [0.15, 0.2) is 0 Å². The van der Waals surface area contributed by atoms with Crippen LogP contribution in [0.2, 0.25) is 5.02 Å². The number of nitro groups is 1. The smallest absolute Gasteiger partial charge is 0.306 e. The Hall–Kier alpha value is -1.74. The Labute approximate surface area is 137 Å². The number of nitro benzene ring substituents is 1. The number of halogens is 3. The molecule has 108 valence electrons. The largest absolute Gasteiger partial charge is 0.322 e. The molecule has 5 nitrogen and oxygen atoms in total. The van der Waals surface area contributed by atoms with Crippen LogP contribution in [0.15, 0.2) is 36.4 Å². The molecule has 0 saturated heterocycles. The van der Waals surface area contributed by atoms with Crippen LogP contribution in [0.5, 0.6) is 0 Å². The molecule has 0 saturated carbocycles. The predicted molar refractivity (Wildman–Crippen MR) is 85.2 cm³/mol. The summed E-state index contributed by atoms with van der Waals surface area (Å²) in [6, 6.07) is 7.87. The van der Waals surface area contributed by atoms with Gasteiger partial charge in [0.25, 0.3) is 5.91 Å². The molecule has 2 rings (SSSR count). The number of benzene rings is 2. The molecule has 0 heterocycles. The van der Waals surface area contributed by atoms with Crippen LogP contribution in [0.1, 0.15) is 10.4 Å². The Bertz CT molecular complexity index is 739. The summed E-state index contributed by atoms with van der Waals surface area (Å²) in [7, 11) is 0.